The molecule has 11 heteroatoms. The van der Waals surface area contributed by atoms with Crippen LogP contribution in [0.25, 0.3) is 11.0 Å². The van der Waals surface area contributed by atoms with Crippen LogP contribution in [0.2, 0.25) is 0 Å². The lowest BCUT2D eigenvalue weighted by Crippen LogP contribution is -2.20. The number of hydrogen-bond acceptors (Lipinski definition) is 6. The van der Waals surface area contributed by atoms with E-state index in [1.807, 2.05) is 11.9 Å². The Bertz CT molecular complexity index is 1230. The van der Waals surface area contributed by atoms with Gasteiger partial charge in [0.15, 0.2) is 11.5 Å². The van der Waals surface area contributed by atoms with Gasteiger partial charge >= 0.3 is 6.61 Å². The van der Waals surface area contributed by atoms with Crippen molar-refractivity contribution in [1.29, 1.82) is 0 Å². The molecule has 0 atom stereocenters. The molecule has 3 aromatic rings. The fourth-order valence-corrected chi connectivity index (χ4v) is 4.28. The van der Waals surface area contributed by atoms with Crippen LogP contribution in [-0.2, 0) is 29.7 Å². The maximum atomic E-state index is 12.7. The third-order valence-corrected chi connectivity index (χ3v) is 6.16. The van der Waals surface area contributed by atoms with Crippen molar-refractivity contribution >= 4 is 21.1 Å². The van der Waals surface area contributed by atoms with E-state index < -0.39 is 16.6 Å². The topological polar surface area (TPSA) is 99.7 Å². The Kier molecular flexibility index (Phi) is 8.45. The monoisotopic (exact) mass is 496 g/mol. The smallest absolute Gasteiger partial charge is 0.387 e. The normalized spacial score (nSPS) is 12.1. The van der Waals surface area contributed by atoms with E-state index in [-0.39, 0.29) is 16.4 Å². The van der Waals surface area contributed by atoms with E-state index in [0.717, 1.165) is 36.3 Å². The van der Waals surface area contributed by atoms with Crippen molar-refractivity contribution in [2.45, 2.75) is 57.8 Å². The second kappa shape index (κ2) is 11.1. The first-order valence-electron chi connectivity index (χ1n) is 11.0. The molecule has 1 aromatic heterocycles. The van der Waals surface area contributed by atoms with E-state index in [1.165, 1.54) is 18.2 Å². The Morgan fingerprint density at radius 3 is 2.53 bits per heavy atom. The number of benzene rings is 2. The summed E-state index contributed by atoms with van der Waals surface area (Å²) < 4.78 is 60.9. The van der Waals surface area contributed by atoms with Gasteiger partial charge in [0, 0.05) is 13.1 Å². The summed E-state index contributed by atoms with van der Waals surface area (Å²) in [4.78, 5) is 6.74. The summed E-state index contributed by atoms with van der Waals surface area (Å²) in [7, 11) is -1.91. The number of sulfonamides is 1. The molecule has 0 amide bonds. The van der Waals surface area contributed by atoms with Gasteiger partial charge in [0.1, 0.15) is 5.82 Å². The lowest BCUT2D eigenvalue weighted by Gasteiger charge is -2.19. The van der Waals surface area contributed by atoms with Crippen molar-refractivity contribution < 1.29 is 26.7 Å². The number of hydrogen-bond donors (Lipinski definition) is 1. The summed E-state index contributed by atoms with van der Waals surface area (Å²) in [5.74, 6) is 1.05. The fraction of sp³-hybridized carbons (Fsp3) is 0.435. The number of imidazole rings is 1. The second-order valence-electron chi connectivity index (χ2n) is 7.99. The molecule has 0 unspecified atom stereocenters. The van der Waals surface area contributed by atoms with E-state index in [1.54, 1.807) is 25.1 Å². The Morgan fingerprint density at radius 1 is 1.12 bits per heavy atom. The standard InChI is InChI=1S/C23H30F2N4O4S/c1-4-6-11-29-19-9-8-17(34(26,30)31)13-18(19)27-22(29)15-28(3)14-16-7-10-20(33-23(24)25)21(12-16)32-5-2/h7-10,12-13,23H,4-6,11,14-15H2,1-3H3,(H2,26,30,31). The number of aromatic nitrogens is 2. The predicted octanol–water partition coefficient (Wildman–Crippen LogP) is 4.12. The van der Waals surface area contributed by atoms with Gasteiger partial charge in [0.05, 0.1) is 29.1 Å². The van der Waals surface area contributed by atoms with Crippen molar-refractivity contribution in [3.8, 4) is 11.5 Å². The van der Waals surface area contributed by atoms with Gasteiger partial charge < -0.3 is 14.0 Å². The molecule has 0 spiro atoms. The minimum Gasteiger partial charge on any atom is -0.490 e. The Hall–Kier alpha value is -2.76. The van der Waals surface area contributed by atoms with Gasteiger partial charge in [0.25, 0.3) is 0 Å². The summed E-state index contributed by atoms with van der Waals surface area (Å²) in [6, 6.07) is 9.61. The number of halogens is 2. The van der Waals surface area contributed by atoms with Crippen LogP contribution in [0.5, 0.6) is 11.5 Å². The highest BCUT2D eigenvalue weighted by Crippen LogP contribution is 2.30. The first kappa shape index (κ1) is 25.9. The number of nitrogens with two attached hydrogens (primary N) is 1. The number of fused-ring (bicyclic) bond motifs is 1. The third-order valence-electron chi connectivity index (χ3n) is 5.25. The molecule has 0 saturated heterocycles. The Labute approximate surface area is 198 Å². The Balaban J connectivity index is 1.85. The quantitative estimate of drug-likeness (QED) is 0.405. The zero-order valence-corrected chi connectivity index (χ0v) is 20.3. The van der Waals surface area contributed by atoms with Gasteiger partial charge in [0.2, 0.25) is 10.0 Å². The molecule has 2 aromatic carbocycles. The average molecular weight is 497 g/mol. The van der Waals surface area contributed by atoms with Crippen molar-refractivity contribution in [1.82, 2.24) is 14.5 Å². The van der Waals surface area contributed by atoms with Gasteiger partial charge in [-0.3, -0.25) is 4.90 Å². The maximum Gasteiger partial charge on any atom is 0.387 e. The third kappa shape index (κ3) is 6.43. The molecule has 0 bridgehead atoms. The lowest BCUT2D eigenvalue weighted by atomic mass is 10.2. The van der Waals surface area contributed by atoms with Crippen LogP contribution in [0.15, 0.2) is 41.3 Å². The number of primary sulfonamides is 1. The van der Waals surface area contributed by atoms with E-state index in [0.29, 0.717) is 25.2 Å². The van der Waals surface area contributed by atoms with Crippen molar-refractivity contribution in [3.63, 3.8) is 0 Å². The number of unbranched alkanes of at least 4 members (excludes halogenated alkanes) is 1. The first-order valence-corrected chi connectivity index (χ1v) is 12.6. The lowest BCUT2D eigenvalue weighted by molar-refractivity contribution is -0.0514. The minimum absolute atomic E-state index is 0.00438. The van der Waals surface area contributed by atoms with E-state index in [4.69, 9.17) is 9.88 Å². The zero-order chi connectivity index (χ0) is 24.9. The molecule has 2 N–H and O–H groups in total. The van der Waals surface area contributed by atoms with Gasteiger partial charge in [-0.05, 0) is 56.3 Å². The van der Waals surface area contributed by atoms with Gasteiger partial charge in [-0.25, -0.2) is 18.5 Å². The molecule has 0 fully saturated rings. The van der Waals surface area contributed by atoms with E-state index >= 15 is 0 Å². The number of aryl methyl sites for hydroxylation is 1. The van der Waals surface area contributed by atoms with Crippen LogP contribution >= 0.6 is 0 Å². The van der Waals surface area contributed by atoms with Gasteiger partial charge in [-0.1, -0.05) is 19.4 Å². The molecule has 3 rings (SSSR count). The number of alkyl halides is 2. The molecule has 0 saturated carbocycles. The van der Waals surface area contributed by atoms with Crippen molar-refractivity contribution in [3.05, 3.63) is 47.8 Å². The number of rotatable bonds is 12. The molecule has 0 aliphatic rings. The summed E-state index contributed by atoms with van der Waals surface area (Å²) in [6.45, 7) is 3.00. The SMILES string of the molecule is CCCCn1c(CN(C)Cc2ccc(OC(F)F)c(OCC)c2)nc2cc(S(N)(=O)=O)ccc21. The Morgan fingerprint density at radius 2 is 1.88 bits per heavy atom. The maximum absolute atomic E-state index is 12.7. The molecule has 8 nitrogen and oxygen atoms in total. The molecule has 0 aliphatic heterocycles. The van der Waals surface area contributed by atoms with Gasteiger partial charge in [-0.15, -0.1) is 0 Å². The molecular formula is C23H30F2N4O4S. The molecule has 186 valence electrons. The van der Waals surface area contributed by atoms with Crippen LogP contribution in [0.4, 0.5) is 8.78 Å². The molecule has 1 heterocycles. The summed E-state index contributed by atoms with van der Waals surface area (Å²) >= 11 is 0. The number of ether oxygens (including phenoxy) is 2. The molecule has 0 radical (unpaired) electrons. The second-order valence-corrected chi connectivity index (χ2v) is 9.56. The largest absolute Gasteiger partial charge is 0.490 e. The molecule has 0 aliphatic carbocycles. The highest BCUT2D eigenvalue weighted by Gasteiger charge is 2.17. The minimum atomic E-state index is -3.83. The fourth-order valence-electron chi connectivity index (χ4n) is 3.74. The van der Waals surface area contributed by atoms with E-state index in [2.05, 4.69) is 21.2 Å². The molecule has 34 heavy (non-hydrogen) atoms. The summed E-state index contributed by atoms with van der Waals surface area (Å²) in [5, 5.41) is 5.28. The van der Waals surface area contributed by atoms with Crippen LogP contribution in [-0.4, -0.2) is 43.1 Å². The average Bonchev–Trinajstić information content (AvgIpc) is 3.09. The van der Waals surface area contributed by atoms with E-state index in [9.17, 15) is 17.2 Å². The van der Waals surface area contributed by atoms with Crippen molar-refractivity contribution in [2.24, 2.45) is 5.14 Å². The zero-order valence-electron chi connectivity index (χ0n) is 19.5. The van der Waals surface area contributed by atoms with Crippen LogP contribution < -0.4 is 14.6 Å². The van der Waals surface area contributed by atoms with Crippen LogP contribution in [0.1, 0.15) is 38.1 Å². The summed E-state index contributed by atoms with van der Waals surface area (Å²) in [5.41, 5.74) is 2.27. The highest BCUT2D eigenvalue weighted by molar-refractivity contribution is 7.89. The highest BCUT2D eigenvalue weighted by atomic mass is 32.2. The van der Waals surface area contributed by atoms with Crippen LogP contribution in [0.3, 0.4) is 0 Å². The van der Waals surface area contributed by atoms with Crippen molar-refractivity contribution in [2.75, 3.05) is 13.7 Å². The predicted molar refractivity (Wildman–Crippen MR) is 125 cm³/mol. The summed E-state index contributed by atoms with van der Waals surface area (Å²) in [6.07, 6.45) is 1.94. The van der Waals surface area contributed by atoms with Gasteiger partial charge in [-0.2, -0.15) is 8.78 Å². The first-order chi connectivity index (χ1) is 16.1. The van der Waals surface area contributed by atoms with Crippen LogP contribution in [0, 0.1) is 0 Å². The molecular weight excluding hydrogens is 466 g/mol. The number of nitrogens with zero attached hydrogens (tertiary/aromatic N) is 3.